The number of anilines is 1. The molecule has 0 aliphatic heterocycles. The predicted octanol–water partition coefficient (Wildman–Crippen LogP) is 1.51. The number of aromatic nitrogens is 2. The van der Waals surface area contributed by atoms with Crippen LogP contribution in [0.2, 0.25) is 0 Å². The predicted molar refractivity (Wildman–Crippen MR) is 74.3 cm³/mol. The molecule has 1 aromatic rings. The van der Waals surface area contributed by atoms with Gasteiger partial charge in [0.1, 0.15) is 0 Å². The summed E-state index contributed by atoms with van der Waals surface area (Å²) >= 11 is 0. The molecule has 0 saturated carbocycles. The highest BCUT2D eigenvalue weighted by Crippen LogP contribution is 2.12. The van der Waals surface area contributed by atoms with Crippen molar-refractivity contribution in [2.24, 2.45) is 0 Å². The van der Waals surface area contributed by atoms with Gasteiger partial charge in [-0.25, -0.2) is 4.98 Å². The molecular formula is C13H22N4O2. The van der Waals surface area contributed by atoms with Crippen LogP contribution in [0.3, 0.4) is 0 Å². The molecule has 1 amide bonds. The Balaban J connectivity index is 2.48. The highest BCUT2D eigenvalue weighted by Gasteiger charge is 2.04. The molecule has 0 fully saturated rings. The standard InChI is InChI=1S/C13H22N4O2/c1-4-8-19-12-9-10(3)16-13(17-12)15-7-6-11(18)14-5-2/h9H,4-8H2,1-3H3,(H,14,18)(H,15,16,17). The van der Waals surface area contributed by atoms with Crippen LogP contribution >= 0.6 is 0 Å². The highest BCUT2D eigenvalue weighted by atomic mass is 16.5. The van der Waals surface area contributed by atoms with E-state index in [1.54, 1.807) is 6.07 Å². The second-order valence-corrected chi connectivity index (χ2v) is 4.15. The first-order valence-corrected chi connectivity index (χ1v) is 6.64. The maximum absolute atomic E-state index is 11.3. The van der Waals surface area contributed by atoms with Gasteiger partial charge in [0.05, 0.1) is 6.61 Å². The van der Waals surface area contributed by atoms with Gasteiger partial charge in [-0.3, -0.25) is 4.79 Å². The van der Waals surface area contributed by atoms with Crippen LogP contribution in [0.4, 0.5) is 5.95 Å². The number of hydrogen-bond acceptors (Lipinski definition) is 5. The van der Waals surface area contributed by atoms with E-state index in [4.69, 9.17) is 4.74 Å². The number of ether oxygens (including phenoxy) is 1. The Kier molecular flexibility index (Phi) is 6.63. The van der Waals surface area contributed by atoms with Crippen LogP contribution in [0.5, 0.6) is 5.88 Å². The van der Waals surface area contributed by atoms with Crippen LogP contribution in [-0.4, -0.2) is 35.6 Å². The number of hydrogen-bond donors (Lipinski definition) is 2. The van der Waals surface area contributed by atoms with Crippen molar-refractivity contribution in [2.75, 3.05) is 25.0 Å². The second kappa shape index (κ2) is 8.29. The molecule has 1 aromatic heterocycles. The van der Waals surface area contributed by atoms with Gasteiger partial charge in [-0.05, 0) is 20.3 Å². The first kappa shape index (κ1) is 15.2. The zero-order valence-electron chi connectivity index (χ0n) is 11.8. The van der Waals surface area contributed by atoms with Gasteiger partial charge >= 0.3 is 0 Å². The van der Waals surface area contributed by atoms with Gasteiger partial charge in [-0.1, -0.05) is 6.92 Å². The molecule has 0 atom stereocenters. The van der Waals surface area contributed by atoms with Crippen molar-refractivity contribution in [2.45, 2.75) is 33.6 Å². The van der Waals surface area contributed by atoms with E-state index in [1.807, 2.05) is 20.8 Å². The second-order valence-electron chi connectivity index (χ2n) is 4.15. The number of rotatable bonds is 8. The fourth-order valence-electron chi connectivity index (χ4n) is 1.47. The summed E-state index contributed by atoms with van der Waals surface area (Å²) in [6.45, 7) is 7.60. The van der Waals surface area contributed by atoms with Crippen LogP contribution in [-0.2, 0) is 4.79 Å². The lowest BCUT2D eigenvalue weighted by atomic mass is 10.4. The Morgan fingerprint density at radius 2 is 2.16 bits per heavy atom. The summed E-state index contributed by atoms with van der Waals surface area (Å²) in [5.74, 6) is 1.08. The minimum Gasteiger partial charge on any atom is -0.478 e. The van der Waals surface area contributed by atoms with Crippen LogP contribution in [0.1, 0.15) is 32.4 Å². The van der Waals surface area contributed by atoms with Crippen molar-refractivity contribution in [3.8, 4) is 5.88 Å². The summed E-state index contributed by atoms with van der Waals surface area (Å²) in [5, 5.41) is 5.77. The first-order chi connectivity index (χ1) is 9.15. The van der Waals surface area contributed by atoms with Crippen molar-refractivity contribution < 1.29 is 9.53 Å². The van der Waals surface area contributed by atoms with Crippen molar-refractivity contribution in [1.29, 1.82) is 0 Å². The summed E-state index contributed by atoms with van der Waals surface area (Å²) in [7, 11) is 0. The van der Waals surface area contributed by atoms with Crippen molar-refractivity contribution in [1.82, 2.24) is 15.3 Å². The Morgan fingerprint density at radius 1 is 1.37 bits per heavy atom. The number of carbonyl (C=O) groups excluding carboxylic acids is 1. The van der Waals surface area contributed by atoms with E-state index in [-0.39, 0.29) is 5.91 Å². The summed E-state index contributed by atoms with van der Waals surface area (Å²) in [4.78, 5) is 19.8. The number of carbonyl (C=O) groups is 1. The number of nitrogens with zero attached hydrogens (tertiary/aromatic N) is 2. The van der Waals surface area contributed by atoms with Gasteiger partial charge in [-0.15, -0.1) is 0 Å². The molecule has 0 spiro atoms. The fourth-order valence-corrected chi connectivity index (χ4v) is 1.47. The van der Waals surface area contributed by atoms with Crippen LogP contribution in [0.15, 0.2) is 6.07 Å². The SMILES string of the molecule is CCCOc1cc(C)nc(NCCC(=O)NCC)n1. The minimum absolute atomic E-state index is 0.0186. The summed E-state index contributed by atoms with van der Waals surface area (Å²) in [6.07, 6.45) is 1.33. The third-order valence-corrected chi connectivity index (χ3v) is 2.29. The molecule has 19 heavy (non-hydrogen) atoms. The molecule has 6 heteroatoms. The monoisotopic (exact) mass is 266 g/mol. The molecule has 2 N–H and O–H groups in total. The van der Waals surface area contributed by atoms with Gasteiger partial charge in [-0.2, -0.15) is 4.98 Å². The zero-order valence-corrected chi connectivity index (χ0v) is 11.8. The number of nitrogens with one attached hydrogen (secondary N) is 2. The lowest BCUT2D eigenvalue weighted by Crippen LogP contribution is -2.25. The van der Waals surface area contributed by atoms with E-state index in [9.17, 15) is 4.79 Å². The highest BCUT2D eigenvalue weighted by molar-refractivity contribution is 5.76. The van der Waals surface area contributed by atoms with E-state index < -0.39 is 0 Å². The van der Waals surface area contributed by atoms with Gasteiger partial charge in [0.15, 0.2) is 0 Å². The molecule has 0 aromatic carbocycles. The average Bonchev–Trinajstić information content (AvgIpc) is 2.36. The molecular weight excluding hydrogens is 244 g/mol. The van der Waals surface area contributed by atoms with Gasteiger partial charge < -0.3 is 15.4 Å². The molecule has 1 rings (SSSR count). The molecule has 0 aliphatic rings. The van der Waals surface area contributed by atoms with E-state index in [0.717, 1.165) is 12.1 Å². The van der Waals surface area contributed by atoms with Crippen LogP contribution in [0.25, 0.3) is 0 Å². The molecule has 0 bridgehead atoms. The zero-order chi connectivity index (χ0) is 14.1. The van der Waals surface area contributed by atoms with Crippen molar-refractivity contribution in [3.05, 3.63) is 11.8 Å². The van der Waals surface area contributed by atoms with Gasteiger partial charge in [0, 0.05) is 31.3 Å². The third kappa shape index (κ3) is 6.03. The van der Waals surface area contributed by atoms with Gasteiger partial charge in [0.2, 0.25) is 17.7 Å². The normalized spacial score (nSPS) is 10.1. The first-order valence-electron chi connectivity index (χ1n) is 6.64. The average molecular weight is 266 g/mol. The lowest BCUT2D eigenvalue weighted by Gasteiger charge is -2.08. The summed E-state index contributed by atoms with van der Waals surface area (Å²) in [5.41, 5.74) is 0.835. The minimum atomic E-state index is 0.0186. The maximum Gasteiger partial charge on any atom is 0.226 e. The quantitative estimate of drug-likeness (QED) is 0.746. The Hall–Kier alpha value is -1.85. The molecule has 106 valence electrons. The fraction of sp³-hybridized carbons (Fsp3) is 0.615. The smallest absolute Gasteiger partial charge is 0.226 e. The van der Waals surface area contributed by atoms with Gasteiger partial charge in [0.25, 0.3) is 0 Å². The Morgan fingerprint density at radius 3 is 2.84 bits per heavy atom. The van der Waals surface area contributed by atoms with Crippen LogP contribution < -0.4 is 15.4 Å². The molecule has 0 aliphatic carbocycles. The third-order valence-electron chi connectivity index (χ3n) is 2.29. The largest absolute Gasteiger partial charge is 0.478 e. The molecule has 0 radical (unpaired) electrons. The van der Waals surface area contributed by atoms with Crippen molar-refractivity contribution in [3.63, 3.8) is 0 Å². The van der Waals surface area contributed by atoms with E-state index in [1.165, 1.54) is 0 Å². The molecule has 1 heterocycles. The molecule has 0 saturated heterocycles. The molecule has 0 unspecified atom stereocenters. The van der Waals surface area contributed by atoms with Crippen molar-refractivity contribution >= 4 is 11.9 Å². The van der Waals surface area contributed by atoms with Crippen LogP contribution in [0, 0.1) is 6.92 Å². The van der Waals surface area contributed by atoms with E-state index in [0.29, 0.717) is 37.9 Å². The molecule has 6 nitrogen and oxygen atoms in total. The summed E-state index contributed by atoms with van der Waals surface area (Å²) in [6, 6.07) is 1.80. The van der Waals surface area contributed by atoms with E-state index >= 15 is 0 Å². The Bertz CT molecular complexity index is 410. The summed E-state index contributed by atoms with van der Waals surface area (Å²) < 4.78 is 5.47. The topological polar surface area (TPSA) is 76.1 Å². The maximum atomic E-state index is 11.3. The Labute approximate surface area is 114 Å². The number of amides is 1. The van der Waals surface area contributed by atoms with E-state index in [2.05, 4.69) is 20.6 Å². The number of aryl methyl sites for hydroxylation is 1. The lowest BCUT2D eigenvalue weighted by molar-refractivity contribution is -0.120.